The van der Waals surface area contributed by atoms with Crippen LogP contribution >= 0.6 is 23.7 Å². The summed E-state index contributed by atoms with van der Waals surface area (Å²) in [6.07, 6.45) is 3.49. The summed E-state index contributed by atoms with van der Waals surface area (Å²) < 4.78 is 10.5. The molecule has 0 aromatic carbocycles. The van der Waals surface area contributed by atoms with Crippen LogP contribution in [0.4, 0.5) is 5.13 Å². The highest BCUT2D eigenvalue weighted by atomic mass is 35.5. The minimum atomic E-state index is -0.290. The second kappa shape index (κ2) is 9.19. The molecule has 0 bridgehead atoms. The molecule has 8 heteroatoms. The minimum absolute atomic E-state index is 0. The molecule has 1 atom stereocenters. The zero-order chi connectivity index (χ0) is 14.4. The number of nitrogen functional groups attached to an aromatic ring is 1. The number of nitrogens with zero attached hydrogens (tertiary/aromatic N) is 1. The van der Waals surface area contributed by atoms with Crippen molar-refractivity contribution in [2.45, 2.75) is 32.4 Å². The van der Waals surface area contributed by atoms with Gasteiger partial charge in [0.05, 0.1) is 6.61 Å². The Kier molecular flexibility index (Phi) is 7.95. The standard InChI is InChI=1S/C13H21N3O3S.ClH/c1-2-19-12(17)11(9-3-5-18-6-4-9)15-7-10-8-16-13(14)20-10;/h8-9,11,15H,2-7H2,1H3,(H2,14,16);1H. The van der Waals surface area contributed by atoms with Crippen molar-refractivity contribution in [2.24, 2.45) is 5.92 Å². The molecular weight excluding hydrogens is 314 g/mol. The van der Waals surface area contributed by atoms with Crippen molar-refractivity contribution in [3.8, 4) is 0 Å². The van der Waals surface area contributed by atoms with Gasteiger partial charge in [-0.1, -0.05) is 0 Å². The number of nitrogens with two attached hydrogens (primary N) is 1. The number of halogens is 1. The van der Waals surface area contributed by atoms with Crippen molar-refractivity contribution >= 4 is 34.8 Å². The first-order chi connectivity index (χ1) is 9.70. The third-order valence-corrected chi connectivity index (χ3v) is 4.17. The average Bonchev–Trinajstić information content (AvgIpc) is 2.86. The summed E-state index contributed by atoms with van der Waals surface area (Å²) in [5.74, 6) is 0.0740. The molecule has 1 unspecified atom stereocenters. The number of ether oxygens (including phenoxy) is 2. The Hall–Kier alpha value is -0.890. The number of thiazole rings is 1. The topological polar surface area (TPSA) is 86.5 Å². The van der Waals surface area contributed by atoms with E-state index in [1.54, 1.807) is 6.20 Å². The monoisotopic (exact) mass is 335 g/mol. The highest BCUT2D eigenvalue weighted by molar-refractivity contribution is 7.15. The fraction of sp³-hybridized carbons (Fsp3) is 0.692. The lowest BCUT2D eigenvalue weighted by Crippen LogP contribution is -2.45. The molecule has 0 saturated carbocycles. The largest absolute Gasteiger partial charge is 0.465 e. The smallest absolute Gasteiger partial charge is 0.323 e. The molecule has 1 fully saturated rings. The summed E-state index contributed by atoms with van der Waals surface area (Å²) >= 11 is 1.43. The van der Waals surface area contributed by atoms with Crippen LogP contribution in [0.2, 0.25) is 0 Å². The summed E-state index contributed by atoms with van der Waals surface area (Å²) in [7, 11) is 0. The van der Waals surface area contributed by atoms with Gasteiger partial charge in [-0.15, -0.1) is 23.7 Å². The van der Waals surface area contributed by atoms with Crippen molar-refractivity contribution in [1.82, 2.24) is 10.3 Å². The number of aromatic nitrogens is 1. The van der Waals surface area contributed by atoms with Gasteiger partial charge in [0.2, 0.25) is 0 Å². The second-order valence-electron chi connectivity index (χ2n) is 4.73. The summed E-state index contributed by atoms with van der Waals surface area (Å²) in [5, 5.41) is 3.83. The van der Waals surface area contributed by atoms with Crippen LogP contribution < -0.4 is 11.1 Å². The number of hydrogen-bond donors (Lipinski definition) is 2. The van der Waals surface area contributed by atoms with Gasteiger partial charge in [0.1, 0.15) is 6.04 Å². The van der Waals surface area contributed by atoms with Crippen molar-refractivity contribution in [2.75, 3.05) is 25.6 Å². The van der Waals surface area contributed by atoms with E-state index in [4.69, 9.17) is 15.2 Å². The number of rotatable bonds is 6. The molecule has 2 rings (SSSR count). The van der Waals surface area contributed by atoms with E-state index in [2.05, 4.69) is 10.3 Å². The molecule has 1 aliphatic heterocycles. The Morgan fingerprint density at radius 1 is 1.62 bits per heavy atom. The highest BCUT2D eigenvalue weighted by Crippen LogP contribution is 2.21. The zero-order valence-electron chi connectivity index (χ0n) is 12.0. The Morgan fingerprint density at radius 3 is 2.90 bits per heavy atom. The highest BCUT2D eigenvalue weighted by Gasteiger charge is 2.30. The van der Waals surface area contributed by atoms with Crippen LogP contribution in [0, 0.1) is 5.92 Å². The first-order valence-electron chi connectivity index (χ1n) is 6.88. The molecule has 1 aromatic heterocycles. The van der Waals surface area contributed by atoms with Crippen LogP contribution in [-0.2, 0) is 20.8 Å². The molecule has 2 heterocycles. The van der Waals surface area contributed by atoms with Gasteiger partial charge >= 0.3 is 5.97 Å². The van der Waals surface area contributed by atoms with Crippen LogP contribution in [-0.4, -0.2) is 36.8 Å². The molecule has 0 amide bonds. The maximum absolute atomic E-state index is 12.1. The van der Waals surface area contributed by atoms with Crippen LogP contribution in [0.1, 0.15) is 24.6 Å². The van der Waals surface area contributed by atoms with Crippen LogP contribution in [0.5, 0.6) is 0 Å². The lowest BCUT2D eigenvalue weighted by molar-refractivity contribution is -0.148. The fourth-order valence-corrected chi connectivity index (χ4v) is 2.97. The van der Waals surface area contributed by atoms with Gasteiger partial charge in [-0.2, -0.15) is 0 Å². The molecule has 0 radical (unpaired) electrons. The maximum atomic E-state index is 12.1. The lowest BCUT2D eigenvalue weighted by Gasteiger charge is -2.29. The van der Waals surface area contributed by atoms with Crippen LogP contribution in [0.3, 0.4) is 0 Å². The van der Waals surface area contributed by atoms with Crippen molar-refractivity contribution in [3.63, 3.8) is 0 Å². The Balaban J connectivity index is 0.00000220. The number of anilines is 1. The van der Waals surface area contributed by atoms with Gasteiger partial charge in [0.15, 0.2) is 5.13 Å². The Labute approximate surface area is 134 Å². The number of nitrogens with one attached hydrogen (secondary N) is 1. The van der Waals surface area contributed by atoms with E-state index in [9.17, 15) is 4.79 Å². The lowest BCUT2D eigenvalue weighted by atomic mass is 9.91. The summed E-state index contributed by atoms with van der Waals surface area (Å²) in [6, 6.07) is -0.290. The fourth-order valence-electron chi connectivity index (χ4n) is 2.34. The van der Waals surface area contributed by atoms with E-state index in [0.29, 0.717) is 31.5 Å². The van der Waals surface area contributed by atoms with Gasteiger partial charge < -0.3 is 15.2 Å². The van der Waals surface area contributed by atoms with Crippen molar-refractivity contribution < 1.29 is 14.3 Å². The van der Waals surface area contributed by atoms with Crippen LogP contribution in [0.15, 0.2) is 6.20 Å². The van der Waals surface area contributed by atoms with Gasteiger partial charge in [0, 0.05) is 30.8 Å². The quantitative estimate of drug-likeness (QED) is 0.768. The zero-order valence-corrected chi connectivity index (χ0v) is 13.7. The van der Waals surface area contributed by atoms with E-state index < -0.39 is 0 Å². The molecule has 21 heavy (non-hydrogen) atoms. The number of carbonyl (C=O) groups is 1. The maximum Gasteiger partial charge on any atom is 0.323 e. The molecule has 0 spiro atoms. The number of hydrogen-bond acceptors (Lipinski definition) is 7. The first-order valence-corrected chi connectivity index (χ1v) is 7.70. The number of carbonyl (C=O) groups excluding carboxylic acids is 1. The molecule has 6 nitrogen and oxygen atoms in total. The van der Waals surface area contributed by atoms with Crippen molar-refractivity contribution in [1.29, 1.82) is 0 Å². The summed E-state index contributed by atoms with van der Waals surface area (Å²) in [6.45, 7) is 4.21. The minimum Gasteiger partial charge on any atom is -0.465 e. The average molecular weight is 336 g/mol. The molecule has 1 saturated heterocycles. The first kappa shape index (κ1) is 18.2. The molecule has 1 aliphatic rings. The predicted molar refractivity (Wildman–Crippen MR) is 84.6 cm³/mol. The van der Waals surface area contributed by atoms with E-state index in [1.807, 2.05) is 6.92 Å². The summed E-state index contributed by atoms with van der Waals surface area (Å²) in [4.78, 5) is 17.1. The number of esters is 1. The second-order valence-corrected chi connectivity index (χ2v) is 5.87. The third-order valence-electron chi connectivity index (χ3n) is 3.35. The Bertz CT molecular complexity index is 438. The SMILES string of the molecule is CCOC(=O)C(NCc1cnc(N)s1)C1CCOCC1.Cl. The molecule has 120 valence electrons. The third kappa shape index (κ3) is 5.43. The van der Waals surface area contributed by atoms with E-state index >= 15 is 0 Å². The van der Waals surface area contributed by atoms with Gasteiger partial charge in [-0.3, -0.25) is 10.1 Å². The predicted octanol–water partition coefficient (Wildman–Crippen LogP) is 1.59. The van der Waals surface area contributed by atoms with E-state index in [-0.39, 0.29) is 30.3 Å². The van der Waals surface area contributed by atoms with E-state index in [0.717, 1.165) is 17.7 Å². The molecule has 1 aromatic rings. The van der Waals surface area contributed by atoms with Crippen molar-refractivity contribution in [3.05, 3.63) is 11.1 Å². The molecule has 3 N–H and O–H groups in total. The Morgan fingerprint density at radius 2 is 2.33 bits per heavy atom. The van der Waals surface area contributed by atoms with Gasteiger partial charge in [-0.05, 0) is 25.7 Å². The van der Waals surface area contributed by atoms with Crippen LogP contribution in [0.25, 0.3) is 0 Å². The van der Waals surface area contributed by atoms with E-state index in [1.165, 1.54) is 11.3 Å². The normalized spacial score (nSPS) is 17.0. The molecule has 0 aliphatic carbocycles. The summed E-state index contributed by atoms with van der Waals surface area (Å²) in [5.41, 5.74) is 5.61. The van der Waals surface area contributed by atoms with Gasteiger partial charge in [-0.25, -0.2) is 4.98 Å². The van der Waals surface area contributed by atoms with Gasteiger partial charge in [0.25, 0.3) is 0 Å². The molecular formula is C13H22ClN3O3S.